The van der Waals surface area contributed by atoms with E-state index in [2.05, 4.69) is 5.32 Å². The number of piperidine rings is 1. The molecular weight excluding hydrogens is 280 g/mol. The minimum absolute atomic E-state index is 0.127. The molecule has 0 spiro atoms. The number of hydrogen-bond donors (Lipinski definition) is 2. The van der Waals surface area contributed by atoms with Crippen molar-refractivity contribution < 1.29 is 19.5 Å². The number of nitrogens with zero attached hydrogens (tertiary/aromatic N) is 1. The third-order valence-corrected chi connectivity index (χ3v) is 4.40. The second kappa shape index (κ2) is 6.04. The van der Waals surface area contributed by atoms with Crippen molar-refractivity contribution in [3.63, 3.8) is 0 Å². The van der Waals surface area contributed by atoms with E-state index in [4.69, 9.17) is 5.11 Å². The first-order valence-corrected chi connectivity index (χ1v) is 7.22. The van der Waals surface area contributed by atoms with E-state index in [0.717, 1.165) is 24.2 Å². The molecule has 2 rings (SSSR count). The van der Waals surface area contributed by atoms with Gasteiger partial charge in [-0.2, -0.15) is 0 Å². The Balaban J connectivity index is 2.20. The molecule has 0 unspecified atom stereocenters. The number of hydrogen-bond acceptors (Lipinski definition) is 4. The highest BCUT2D eigenvalue weighted by Gasteiger charge is 2.32. The van der Waals surface area contributed by atoms with E-state index in [1.165, 1.54) is 12.1 Å². The maximum Gasteiger partial charge on any atom is 0.345 e. The first-order valence-electron chi connectivity index (χ1n) is 6.40. The Morgan fingerprint density at radius 2 is 2.00 bits per heavy atom. The topological polar surface area (TPSA) is 86.7 Å². The Morgan fingerprint density at radius 1 is 1.30 bits per heavy atom. The molecule has 108 valence electrons. The number of thiophene rings is 1. The Hall–Kier alpha value is -1.89. The van der Waals surface area contributed by atoms with Crippen molar-refractivity contribution in [2.75, 3.05) is 13.6 Å². The van der Waals surface area contributed by atoms with Crippen LogP contribution < -0.4 is 5.32 Å². The van der Waals surface area contributed by atoms with Crippen LogP contribution in [0.2, 0.25) is 0 Å². The van der Waals surface area contributed by atoms with Crippen LogP contribution in [0.4, 0.5) is 0 Å². The monoisotopic (exact) mass is 296 g/mol. The van der Waals surface area contributed by atoms with Gasteiger partial charge in [0.25, 0.3) is 5.91 Å². The molecule has 0 radical (unpaired) electrons. The molecule has 0 saturated carbocycles. The minimum atomic E-state index is -1.05. The van der Waals surface area contributed by atoms with Gasteiger partial charge < -0.3 is 15.3 Å². The largest absolute Gasteiger partial charge is 0.477 e. The van der Waals surface area contributed by atoms with Gasteiger partial charge in [0.15, 0.2) is 0 Å². The van der Waals surface area contributed by atoms with Crippen LogP contribution in [0.5, 0.6) is 0 Å². The number of likely N-dealkylation sites (N-methyl/N-ethyl adjacent to an activating group) is 1. The van der Waals surface area contributed by atoms with Crippen LogP contribution in [0, 0.1) is 0 Å². The van der Waals surface area contributed by atoms with Crippen LogP contribution in [0.3, 0.4) is 0 Å². The molecule has 2 heterocycles. The second-order valence-electron chi connectivity index (χ2n) is 4.59. The van der Waals surface area contributed by atoms with Gasteiger partial charge in [-0.05, 0) is 31.4 Å². The first-order chi connectivity index (χ1) is 9.54. The fourth-order valence-corrected chi connectivity index (χ4v) is 3.12. The minimum Gasteiger partial charge on any atom is -0.477 e. The summed E-state index contributed by atoms with van der Waals surface area (Å²) in [7, 11) is 1.55. The molecule has 1 aliphatic rings. The zero-order valence-electron chi connectivity index (χ0n) is 11.1. The van der Waals surface area contributed by atoms with Gasteiger partial charge in [0.2, 0.25) is 5.91 Å². The summed E-state index contributed by atoms with van der Waals surface area (Å²) in [6.07, 6.45) is 2.41. The van der Waals surface area contributed by atoms with Gasteiger partial charge in [0, 0.05) is 13.6 Å². The van der Waals surface area contributed by atoms with Gasteiger partial charge in [-0.15, -0.1) is 11.3 Å². The predicted molar refractivity (Wildman–Crippen MR) is 74.0 cm³/mol. The van der Waals surface area contributed by atoms with Gasteiger partial charge in [-0.3, -0.25) is 9.59 Å². The normalized spacial score (nSPS) is 18.6. The molecule has 1 aromatic rings. The standard InChI is InChI=1S/C13H16N2O4S/c1-14-11(16)8-4-2-3-7-15(8)12(17)9-5-6-10(20-9)13(18)19/h5-6,8H,2-4,7H2,1H3,(H,14,16)(H,18,19)/t8-/m0/s1. The molecule has 6 nitrogen and oxygen atoms in total. The average Bonchev–Trinajstić information content (AvgIpc) is 2.95. The van der Waals surface area contributed by atoms with Gasteiger partial charge in [0.1, 0.15) is 10.9 Å². The van der Waals surface area contributed by atoms with Gasteiger partial charge in [-0.1, -0.05) is 0 Å². The predicted octanol–water partition coefficient (Wildman–Crippen LogP) is 1.19. The summed E-state index contributed by atoms with van der Waals surface area (Å²) in [6.45, 7) is 0.525. The van der Waals surface area contributed by atoms with E-state index >= 15 is 0 Å². The molecular formula is C13H16N2O4S. The fraction of sp³-hybridized carbons (Fsp3) is 0.462. The summed E-state index contributed by atoms with van der Waals surface area (Å²) in [5.41, 5.74) is 0. The van der Waals surface area contributed by atoms with E-state index in [9.17, 15) is 14.4 Å². The molecule has 1 aliphatic heterocycles. The lowest BCUT2D eigenvalue weighted by Gasteiger charge is -2.34. The Kier molecular flexibility index (Phi) is 4.39. The third kappa shape index (κ3) is 2.82. The molecule has 1 saturated heterocycles. The Labute approximate surface area is 120 Å². The highest BCUT2D eigenvalue weighted by atomic mass is 32.1. The van der Waals surface area contributed by atoms with Crippen molar-refractivity contribution in [1.29, 1.82) is 0 Å². The molecule has 1 aromatic heterocycles. The third-order valence-electron chi connectivity index (χ3n) is 3.34. The molecule has 2 amide bonds. The fourth-order valence-electron chi connectivity index (χ4n) is 2.32. The summed E-state index contributed by atoms with van der Waals surface area (Å²) in [4.78, 5) is 37.1. The second-order valence-corrected chi connectivity index (χ2v) is 5.68. The van der Waals surface area contributed by atoms with Crippen molar-refractivity contribution in [2.45, 2.75) is 25.3 Å². The van der Waals surface area contributed by atoms with E-state index in [0.29, 0.717) is 17.8 Å². The molecule has 2 N–H and O–H groups in total. The van der Waals surface area contributed by atoms with Gasteiger partial charge in [0.05, 0.1) is 4.88 Å². The van der Waals surface area contributed by atoms with E-state index in [1.54, 1.807) is 11.9 Å². The average molecular weight is 296 g/mol. The van der Waals surface area contributed by atoms with Crippen LogP contribution in [0.1, 0.15) is 38.6 Å². The van der Waals surface area contributed by atoms with Crippen molar-refractivity contribution in [3.8, 4) is 0 Å². The van der Waals surface area contributed by atoms with Crippen LogP contribution >= 0.6 is 11.3 Å². The van der Waals surface area contributed by atoms with Crippen molar-refractivity contribution in [2.24, 2.45) is 0 Å². The summed E-state index contributed by atoms with van der Waals surface area (Å²) in [5, 5.41) is 11.5. The van der Waals surface area contributed by atoms with E-state index in [-0.39, 0.29) is 16.7 Å². The zero-order chi connectivity index (χ0) is 14.7. The van der Waals surface area contributed by atoms with Crippen molar-refractivity contribution >= 4 is 29.1 Å². The SMILES string of the molecule is CNC(=O)[C@@H]1CCCCN1C(=O)c1ccc(C(=O)O)s1. The van der Waals surface area contributed by atoms with Gasteiger partial charge >= 0.3 is 5.97 Å². The maximum absolute atomic E-state index is 12.4. The van der Waals surface area contributed by atoms with Crippen LogP contribution in [-0.4, -0.2) is 47.4 Å². The number of likely N-dealkylation sites (tertiary alicyclic amines) is 1. The smallest absolute Gasteiger partial charge is 0.345 e. The van der Waals surface area contributed by atoms with Crippen LogP contribution in [0.15, 0.2) is 12.1 Å². The molecule has 1 atom stereocenters. The first kappa shape index (κ1) is 14.5. The van der Waals surface area contributed by atoms with Gasteiger partial charge in [-0.25, -0.2) is 4.79 Å². The lowest BCUT2D eigenvalue weighted by molar-refractivity contribution is -0.126. The Morgan fingerprint density at radius 3 is 2.60 bits per heavy atom. The lowest BCUT2D eigenvalue weighted by Crippen LogP contribution is -2.51. The molecule has 0 aromatic carbocycles. The summed E-state index contributed by atoms with van der Waals surface area (Å²) >= 11 is 0.942. The molecule has 0 aliphatic carbocycles. The number of carboxylic acid groups (broad SMARTS) is 1. The summed E-state index contributed by atoms with van der Waals surface area (Å²) in [6, 6.07) is 2.46. The number of carbonyl (C=O) groups is 3. The maximum atomic E-state index is 12.4. The number of nitrogens with one attached hydrogen (secondary N) is 1. The molecule has 0 bridgehead atoms. The van der Waals surface area contributed by atoms with E-state index in [1.807, 2.05) is 0 Å². The number of rotatable bonds is 3. The van der Waals surface area contributed by atoms with Crippen LogP contribution in [-0.2, 0) is 4.79 Å². The quantitative estimate of drug-likeness (QED) is 0.877. The van der Waals surface area contributed by atoms with Crippen molar-refractivity contribution in [1.82, 2.24) is 10.2 Å². The Bertz CT molecular complexity index is 540. The summed E-state index contributed by atoms with van der Waals surface area (Å²) < 4.78 is 0. The van der Waals surface area contributed by atoms with Crippen molar-refractivity contribution in [3.05, 3.63) is 21.9 Å². The molecule has 7 heteroatoms. The number of carbonyl (C=O) groups excluding carboxylic acids is 2. The highest BCUT2D eigenvalue weighted by molar-refractivity contribution is 7.15. The highest BCUT2D eigenvalue weighted by Crippen LogP contribution is 2.24. The van der Waals surface area contributed by atoms with E-state index < -0.39 is 12.0 Å². The number of amides is 2. The number of carboxylic acids is 1. The van der Waals surface area contributed by atoms with Crippen LogP contribution in [0.25, 0.3) is 0 Å². The zero-order valence-corrected chi connectivity index (χ0v) is 11.9. The number of aromatic carboxylic acids is 1. The molecule has 20 heavy (non-hydrogen) atoms. The summed E-state index contributed by atoms with van der Waals surface area (Å²) in [5.74, 6) is -1.49. The lowest BCUT2D eigenvalue weighted by atomic mass is 10.0. The molecule has 1 fully saturated rings.